The van der Waals surface area contributed by atoms with E-state index in [0.717, 1.165) is 24.5 Å². The molecule has 2 aromatic carbocycles. The number of nitrogens with one attached hydrogen (secondary N) is 2. The topological polar surface area (TPSA) is 120 Å². The Morgan fingerprint density at radius 2 is 1.89 bits per heavy atom. The highest BCUT2D eigenvalue weighted by Gasteiger charge is 2.35. The molecule has 38 heavy (non-hydrogen) atoms. The van der Waals surface area contributed by atoms with E-state index < -0.39 is 29.4 Å². The summed E-state index contributed by atoms with van der Waals surface area (Å²) in [5.74, 6) is -2.49. The molecule has 8 nitrogen and oxygen atoms in total. The second-order valence-corrected chi connectivity index (χ2v) is 10.8. The van der Waals surface area contributed by atoms with Gasteiger partial charge in [0.25, 0.3) is 5.91 Å². The molecule has 3 N–H and O–H groups in total. The van der Waals surface area contributed by atoms with Gasteiger partial charge in [-0.25, -0.2) is 14.0 Å². The minimum absolute atomic E-state index is 0.0131. The first-order chi connectivity index (χ1) is 17.9. The highest BCUT2D eigenvalue weighted by molar-refractivity contribution is 6.34. The summed E-state index contributed by atoms with van der Waals surface area (Å²) in [6.07, 6.45) is 1.93. The van der Waals surface area contributed by atoms with Crippen molar-refractivity contribution in [2.24, 2.45) is 0 Å². The number of benzene rings is 2. The maximum absolute atomic E-state index is 15.0. The number of carbonyl (C=O) groups is 3. The number of aromatic carboxylic acids is 1. The molecular weight excluding hydrogens is 513 g/mol. The third kappa shape index (κ3) is 5.88. The minimum Gasteiger partial charge on any atom is -0.478 e. The number of amides is 2. The van der Waals surface area contributed by atoms with Crippen LogP contribution in [0.25, 0.3) is 0 Å². The molecule has 1 aliphatic carbocycles. The fourth-order valence-electron chi connectivity index (χ4n) is 4.41. The van der Waals surface area contributed by atoms with Crippen LogP contribution in [0.2, 0.25) is 5.02 Å². The van der Waals surface area contributed by atoms with Crippen molar-refractivity contribution >= 4 is 35.3 Å². The van der Waals surface area contributed by atoms with Crippen LogP contribution in [0.3, 0.4) is 0 Å². The second kappa shape index (κ2) is 10.6. The summed E-state index contributed by atoms with van der Waals surface area (Å²) >= 11 is 6.42. The summed E-state index contributed by atoms with van der Waals surface area (Å²) in [4.78, 5) is 39.2. The molecular formula is C28H29ClFN3O5. The summed E-state index contributed by atoms with van der Waals surface area (Å²) in [5, 5.41) is 21.2. The van der Waals surface area contributed by atoms with E-state index in [4.69, 9.17) is 21.7 Å². The van der Waals surface area contributed by atoms with Crippen LogP contribution in [0.5, 0.6) is 0 Å². The molecule has 0 spiro atoms. The maximum atomic E-state index is 15.0. The Morgan fingerprint density at radius 3 is 2.50 bits per heavy atom. The SMILES string of the molecule is CC(C)(C)OC(=O)N1CCCC(NC(=O)c2c(Cl)cccc2C2CC2)=C1C(=N)c1ccc(C(=O)O)cc1F. The number of allylic oxidation sites excluding steroid dienone is 2. The average Bonchev–Trinajstić information content (AvgIpc) is 3.67. The molecule has 2 aromatic rings. The normalized spacial score (nSPS) is 15.8. The number of ether oxygens (including phenoxy) is 1. The lowest BCUT2D eigenvalue weighted by Gasteiger charge is -2.34. The first-order valence-corrected chi connectivity index (χ1v) is 12.7. The monoisotopic (exact) mass is 541 g/mol. The van der Waals surface area contributed by atoms with Gasteiger partial charge in [0.15, 0.2) is 0 Å². The molecule has 2 amide bonds. The highest BCUT2D eigenvalue weighted by atomic mass is 35.5. The summed E-state index contributed by atoms with van der Waals surface area (Å²) in [7, 11) is 0. The summed E-state index contributed by atoms with van der Waals surface area (Å²) in [5.41, 5.74) is -0.313. The van der Waals surface area contributed by atoms with Crippen molar-refractivity contribution in [2.45, 2.75) is 58.0 Å². The zero-order chi connectivity index (χ0) is 27.8. The van der Waals surface area contributed by atoms with Crippen LogP contribution >= 0.6 is 11.6 Å². The Morgan fingerprint density at radius 1 is 1.18 bits per heavy atom. The van der Waals surface area contributed by atoms with Crippen LogP contribution in [0.1, 0.15) is 84.2 Å². The van der Waals surface area contributed by atoms with Gasteiger partial charge in [0.2, 0.25) is 0 Å². The average molecular weight is 542 g/mol. The first kappa shape index (κ1) is 27.3. The predicted molar refractivity (Wildman–Crippen MR) is 140 cm³/mol. The standard InChI is InChI=1S/C28H29ClFN3O5/c1-28(2,3)38-27(37)33-13-5-8-21(24(33)23(31)18-12-11-16(26(35)36)14-20(18)30)32-25(34)22-17(15-9-10-15)6-4-7-19(22)29/h4,6-7,11-12,14-15,31H,5,8-10,13H2,1-3H3,(H,32,34)(H,35,36). The van der Waals surface area contributed by atoms with Crippen molar-refractivity contribution in [3.05, 3.63) is 80.9 Å². The second-order valence-electron chi connectivity index (χ2n) is 10.4. The van der Waals surface area contributed by atoms with Crippen LogP contribution in [0, 0.1) is 11.2 Å². The smallest absolute Gasteiger partial charge is 0.414 e. The number of nitrogens with zero attached hydrogens (tertiary/aromatic N) is 1. The molecule has 1 fully saturated rings. The number of carboxylic acid groups (broad SMARTS) is 1. The van der Waals surface area contributed by atoms with Crippen molar-refractivity contribution in [2.75, 3.05) is 6.54 Å². The van der Waals surface area contributed by atoms with Gasteiger partial charge in [-0.3, -0.25) is 15.1 Å². The number of rotatable bonds is 6. The Bertz CT molecular complexity index is 1360. The predicted octanol–water partition coefficient (Wildman–Crippen LogP) is 6.10. The zero-order valence-corrected chi connectivity index (χ0v) is 22.1. The molecule has 1 saturated carbocycles. The highest BCUT2D eigenvalue weighted by Crippen LogP contribution is 2.43. The molecule has 1 aliphatic heterocycles. The van der Waals surface area contributed by atoms with Gasteiger partial charge in [0.05, 0.1) is 27.6 Å². The van der Waals surface area contributed by atoms with Crippen molar-refractivity contribution in [3.63, 3.8) is 0 Å². The lowest BCUT2D eigenvalue weighted by molar-refractivity contribution is 0.0308. The lowest BCUT2D eigenvalue weighted by Crippen LogP contribution is -2.44. The number of carboxylic acids is 1. The van der Waals surface area contributed by atoms with E-state index >= 15 is 4.39 Å². The molecule has 0 atom stereocenters. The molecule has 0 radical (unpaired) electrons. The first-order valence-electron chi connectivity index (χ1n) is 12.3. The third-order valence-electron chi connectivity index (χ3n) is 6.25. The molecule has 0 aromatic heterocycles. The van der Waals surface area contributed by atoms with Gasteiger partial charge in [-0.2, -0.15) is 0 Å². The van der Waals surface area contributed by atoms with Crippen molar-refractivity contribution in [3.8, 4) is 0 Å². The van der Waals surface area contributed by atoms with Crippen molar-refractivity contribution in [1.82, 2.24) is 10.2 Å². The van der Waals surface area contributed by atoms with Crippen LogP contribution in [-0.4, -0.2) is 45.8 Å². The quantitative estimate of drug-likeness (QED) is 0.382. The molecule has 2 aliphatic rings. The number of halogens is 2. The van der Waals surface area contributed by atoms with Crippen LogP contribution in [0.15, 0.2) is 47.8 Å². The lowest BCUT2D eigenvalue weighted by atomic mass is 9.97. The summed E-state index contributed by atoms with van der Waals surface area (Å²) in [6, 6.07) is 8.46. The third-order valence-corrected chi connectivity index (χ3v) is 6.57. The van der Waals surface area contributed by atoms with Crippen molar-refractivity contribution < 1.29 is 28.6 Å². The van der Waals surface area contributed by atoms with Gasteiger partial charge in [-0.05, 0) is 82.2 Å². The molecule has 4 rings (SSSR count). The van der Waals surface area contributed by atoms with Crippen molar-refractivity contribution in [1.29, 1.82) is 5.41 Å². The maximum Gasteiger partial charge on any atom is 0.414 e. The zero-order valence-electron chi connectivity index (χ0n) is 21.4. The number of hydrogen-bond donors (Lipinski definition) is 3. The Kier molecular flexibility index (Phi) is 7.60. The van der Waals surface area contributed by atoms with E-state index in [2.05, 4.69) is 5.32 Å². The fourth-order valence-corrected chi connectivity index (χ4v) is 4.67. The Balaban J connectivity index is 1.78. The van der Waals surface area contributed by atoms with Gasteiger partial charge in [0, 0.05) is 17.8 Å². The Labute approximate surface area is 224 Å². The molecule has 1 heterocycles. The van der Waals surface area contributed by atoms with E-state index in [1.807, 2.05) is 6.07 Å². The summed E-state index contributed by atoms with van der Waals surface area (Å²) in [6.45, 7) is 5.29. The molecule has 0 unspecified atom stereocenters. The molecule has 0 bridgehead atoms. The van der Waals surface area contributed by atoms with E-state index in [0.29, 0.717) is 23.4 Å². The molecule has 200 valence electrons. The van der Waals surface area contributed by atoms with Gasteiger partial charge in [-0.15, -0.1) is 0 Å². The van der Waals surface area contributed by atoms with Crippen LogP contribution in [-0.2, 0) is 4.74 Å². The fraction of sp³-hybridized carbons (Fsp3) is 0.357. The minimum atomic E-state index is -1.31. The van der Waals surface area contributed by atoms with E-state index in [1.54, 1.807) is 32.9 Å². The molecule has 10 heteroatoms. The van der Waals surface area contributed by atoms with Gasteiger partial charge < -0.3 is 15.2 Å². The van der Waals surface area contributed by atoms with Gasteiger partial charge in [0.1, 0.15) is 11.4 Å². The van der Waals surface area contributed by atoms with E-state index in [9.17, 15) is 19.5 Å². The van der Waals surface area contributed by atoms with Crippen LogP contribution < -0.4 is 5.32 Å². The molecule has 0 saturated heterocycles. The van der Waals surface area contributed by atoms with Crippen LogP contribution in [0.4, 0.5) is 9.18 Å². The van der Waals surface area contributed by atoms with E-state index in [1.165, 1.54) is 17.0 Å². The summed E-state index contributed by atoms with van der Waals surface area (Å²) < 4.78 is 20.5. The van der Waals surface area contributed by atoms with Gasteiger partial charge in [-0.1, -0.05) is 23.7 Å². The largest absolute Gasteiger partial charge is 0.478 e. The van der Waals surface area contributed by atoms with E-state index in [-0.39, 0.29) is 40.7 Å². The van der Waals surface area contributed by atoms with Gasteiger partial charge >= 0.3 is 12.1 Å². The number of hydrogen-bond acceptors (Lipinski definition) is 5. The number of carbonyl (C=O) groups excluding carboxylic acids is 2. The Hall–Kier alpha value is -3.72.